The number of carbonyl (C=O) groups is 3. The summed E-state index contributed by atoms with van der Waals surface area (Å²) >= 11 is 1.50. The van der Waals surface area contributed by atoms with E-state index in [4.69, 9.17) is 38.9 Å². The molecule has 1 atom stereocenters. The van der Waals surface area contributed by atoms with Crippen LogP contribution in [0.15, 0.2) is 174 Å². The van der Waals surface area contributed by atoms with Gasteiger partial charge in [-0.3, -0.25) is 20.1 Å². The number of rotatable bonds is 18. The molecule has 14 rings (SSSR count). The summed E-state index contributed by atoms with van der Waals surface area (Å²) in [6, 6.07) is 45.4. The number of hydrogen-bond acceptors (Lipinski definition) is 13. The van der Waals surface area contributed by atoms with Crippen molar-refractivity contribution >= 4 is 85.3 Å². The number of amides is 1. The summed E-state index contributed by atoms with van der Waals surface area (Å²) in [5.74, 6) is 1.63. The van der Waals surface area contributed by atoms with E-state index in [1.54, 1.807) is 39.7 Å². The van der Waals surface area contributed by atoms with Gasteiger partial charge >= 0.3 is 11.9 Å². The number of H-pyrrole nitrogens is 3. The normalized spacial score (nSPS) is 14.3. The monoisotopic (exact) mass is 1200 g/mol. The molecule has 1 aliphatic rings. The maximum atomic E-state index is 13.4. The van der Waals surface area contributed by atoms with E-state index in [2.05, 4.69) is 42.6 Å². The number of carboxylic acid groups (broad SMARTS) is 2. The van der Waals surface area contributed by atoms with E-state index in [1.165, 1.54) is 36.0 Å². The molecule has 448 valence electrons. The number of fused-ring (bicyclic) bond motifs is 9. The molecule has 0 aliphatic heterocycles. The van der Waals surface area contributed by atoms with Crippen LogP contribution in [-0.2, 0) is 4.79 Å². The van der Waals surface area contributed by atoms with Crippen molar-refractivity contribution in [2.75, 3.05) is 18.5 Å². The van der Waals surface area contributed by atoms with Crippen molar-refractivity contribution in [1.29, 1.82) is 0 Å². The van der Waals surface area contributed by atoms with Crippen molar-refractivity contribution in [3.63, 3.8) is 0 Å². The second kappa shape index (κ2) is 25.5. The zero-order valence-corrected chi connectivity index (χ0v) is 49.2. The molecule has 6 aromatic carbocycles. The number of para-hydroxylation sites is 7. The van der Waals surface area contributed by atoms with Gasteiger partial charge in [0.2, 0.25) is 23.2 Å². The van der Waals surface area contributed by atoms with Crippen molar-refractivity contribution in [2.45, 2.75) is 81.8 Å². The molecule has 1 unspecified atom stereocenters. The van der Waals surface area contributed by atoms with Gasteiger partial charge in [0.15, 0.2) is 23.1 Å². The maximum absolute atomic E-state index is 13.4. The summed E-state index contributed by atoms with van der Waals surface area (Å²) in [6.07, 6.45) is 7.73. The van der Waals surface area contributed by atoms with Gasteiger partial charge in [-0.2, -0.15) is 5.10 Å². The number of carbonyl (C=O) groups excluding carboxylic acids is 1. The van der Waals surface area contributed by atoms with Gasteiger partial charge in [0.1, 0.15) is 22.5 Å². The Morgan fingerprint density at radius 3 is 1.73 bits per heavy atom. The number of anilines is 1. The Morgan fingerprint density at radius 1 is 0.614 bits per heavy atom. The van der Waals surface area contributed by atoms with E-state index < -0.39 is 18.0 Å². The Kier molecular flexibility index (Phi) is 16.7. The maximum Gasteiger partial charge on any atom is 0.335 e. The number of aromatic carboxylic acids is 2. The number of hydrogen-bond donors (Lipinski definition) is 6. The molecule has 22 nitrogen and oxygen atoms in total. The standard InChI is InChI=1S/C33H34N4O5S.C18H15N3O4.C14H13N5O/c1-3-27(41-22-18-14-21(15-19-22)33(39)40)31(38)35-25-9-5-7-11-28(25)43-29-30-34-24-8-4-6-10-26(24)37(30)36-32(29)42-23-16-12-20(2)13-17-23;1-2-24-17-15(25-12-9-7-11(8-10-12)18(22)23)16-19-13-5-3-4-6-14(13)21(16)20-17;1-2-20-14-12(18-9-5-8-15-18)13-16-10-6-3-4-7-11(10)19(13)17-14/h4-11,14-15,18-20,23,27,36H,3,12-13,16-17H2,1-2H3,(H,35,38)(H,39,40);3-10,20H,2H2,1H3,(H,22,23);3-9,17H,2H2,1H3. The van der Waals surface area contributed by atoms with Crippen molar-refractivity contribution in [3.05, 3.63) is 175 Å². The molecule has 0 spiro atoms. The summed E-state index contributed by atoms with van der Waals surface area (Å²) in [4.78, 5) is 51.4. The Labute approximate surface area is 506 Å². The number of benzene rings is 6. The van der Waals surface area contributed by atoms with Crippen LogP contribution < -0.4 is 29.0 Å². The molecular weight excluding hydrogens is 1140 g/mol. The molecule has 1 amide bonds. The first-order chi connectivity index (χ1) is 42.9. The third-order valence-electron chi connectivity index (χ3n) is 14.8. The lowest BCUT2D eigenvalue weighted by molar-refractivity contribution is -0.122. The van der Waals surface area contributed by atoms with Gasteiger partial charge < -0.3 is 39.2 Å². The van der Waals surface area contributed by atoms with Crippen LogP contribution >= 0.6 is 11.8 Å². The number of nitrogens with zero attached hydrogens (tertiary/aromatic N) is 8. The minimum absolute atomic E-state index is 0.132. The number of carboxylic acids is 2. The van der Waals surface area contributed by atoms with E-state index in [0.717, 1.165) is 85.6 Å². The highest BCUT2D eigenvalue weighted by Crippen LogP contribution is 2.43. The molecule has 0 radical (unpaired) electrons. The first-order valence-corrected chi connectivity index (χ1v) is 29.7. The average Bonchev–Trinajstić information content (AvgIpc) is 1.93. The van der Waals surface area contributed by atoms with Crippen LogP contribution in [0.3, 0.4) is 0 Å². The summed E-state index contributed by atoms with van der Waals surface area (Å²) < 4.78 is 37.2. The summed E-state index contributed by atoms with van der Waals surface area (Å²) in [7, 11) is 0. The van der Waals surface area contributed by atoms with Crippen LogP contribution in [0.25, 0.3) is 55.7 Å². The fourth-order valence-corrected chi connectivity index (χ4v) is 11.5. The topological polar surface area (TPSA) is 267 Å². The molecule has 23 heteroatoms. The second-order valence-electron chi connectivity index (χ2n) is 20.8. The molecule has 1 saturated carbocycles. The Balaban J connectivity index is 0.000000141. The van der Waals surface area contributed by atoms with Crippen LogP contribution in [0.5, 0.6) is 34.9 Å². The highest BCUT2D eigenvalue weighted by atomic mass is 32.2. The third kappa shape index (κ3) is 12.0. The fourth-order valence-electron chi connectivity index (χ4n) is 10.4. The van der Waals surface area contributed by atoms with Crippen LogP contribution in [0, 0.1) is 5.92 Å². The lowest BCUT2D eigenvalue weighted by Crippen LogP contribution is -2.32. The molecular formula is C65H62N12O10S. The van der Waals surface area contributed by atoms with E-state index in [9.17, 15) is 14.4 Å². The van der Waals surface area contributed by atoms with Crippen LogP contribution in [0.4, 0.5) is 5.69 Å². The van der Waals surface area contributed by atoms with E-state index >= 15 is 0 Å². The highest BCUT2D eigenvalue weighted by Gasteiger charge is 2.27. The van der Waals surface area contributed by atoms with Gasteiger partial charge in [0.25, 0.3) is 11.8 Å². The molecule has 1 aliphatic carbocycles. The van der Waals surface area contributed by atoms with E-state index in [0.29, 0.717) is 71.8 Å². The van der Waals surface area contributed by atoms with Gasteiger partial charge in [-0.25, -0.2) is 42.8 Å². The first kappa shape index (κ1) is 57.7. The molecule has 6 N–H and O–H groups in total. The van der Waals surface area contributed by atoms with Gasteiger partial charge in [0.05, 0.1) is 63.1 Å². The average molecular weight is 1200 g/mol. The van der Waals surface area contributed by atoms with Crippen LogP contribution in [0.2, 0.25) is 0 Å². The SMILES string of the molecule is CCC(Oc1ccc(C(=O)O)cc1)C(=O)Nc1ccccc1Sc1c(OC2CCC(C)CC2)[nH]n2c1nc1ccccc12.CCOc1[nH]n2c(nc3ccccc32)c1-n1cccn1.CCOc1[nH]n2c(nc3ccccc32)c1Oc1ccc(C(=O)O)cc1. The van der Waals surface area contributed by atoms with Crippen molar-refractivity contribution in [1.82, 2.24) is 53.6 Å². The Bertz CT molecular complexity index is 4590. The zero-order chi connectivity index (χ0) is 60.8. The van der Waals surface area contributed by atoms with E-state index in [1.807, 2.05) is 139 Å². The van der Waals surface area contributed by atoms with Gasteiger partial charge in [-0.1, -0.05) is 74.1 Å². The molecule has 0 bridgehead atoms. The van der Waals surface area contributed by atoms with E-state index in [-0.39, 0.29) is 23.1 Å². The smallest absolute Gasteiger partial charge is 0.335 e. The zero-order valence-electron chi connectivity index (χ0n) is 48.4. The molecule has 7 heterocycles. The molecule has 88 heavy (non-hydrogen) atoms. The minimum Gasteiger partial charge on any atom is -0.481 e. The lowest BCUT2D eigenvalue weighted by Gasteiger charge is -2.26. The predicted molar refractivity (Wildman–Crippen MR) is 333 cm³/mol. The summed E-state index contributed by atoms with van der Waals surface area (Å²) in [5, 5.41) is 35.3. The van der Waals surface area contributed by atoms with Gasteiger partial charge in [-0.15, -0.1) is 0 Å². The number of aromatic amines is 3. The number of nitrogens with one attached hydrogen (secondary N) is 4. The largest absolute Gasteiger partial charge is 0.481 e. The third-order valence-corrected chi connectivity index (χ3v) is 16.0. The Hall–Kier alpha value is -10.7. The molecule has 7 aromatic heterocycles. The number of aromatic nitrogens is 11. The second-order valence-corrected chi connectivity index (χ2v) is 21.8. The number of ether oxygens (including phenoxy) is 5. The quantitative estimate of drug-likeness (QED) is 0.0466. The van der Waals surface area contributed by atoms with Gasteiger partial charge in [-0.05, 0) is 155 Å². The molecule has 13 aromatic rings. The van der Waals surface area contributed by atoms with Crippen molar-refractivity contribution in [2.24, 2.45) is 5.92 Å². The summed E-state index contributed by atoms with van der Waals surface area (Å²) in [5.41, 5.74) is 9.55. The first-order valence-electron chi connectivity index (χ1n) is 28.9. The lowest BCUT2D eigenvalue weighted by atomic mass is 9.89. The van der Waals surface area contributed by atoms with Crippen LogP contribution in [0.1, 0.15) is 80.5 Å². The van der Waals surface area contributed by atoms with Gasteiger partial charge in [0, 0.05) is 17.3 Å². The van der Waals surface area contributed by atoms with Crippen LogP contribution in [-0.4, -0.2) is 107 Å². The predicted octanol–water partition coefficient (Wildman–Crippen LogP) is 13.5. The fraction of sp³-hybridized carbons (Fsp3) is 0.215. The minimum atomic E-state index is -1.02. The molecule has 1 fully saturated rings. The van der Waals surface area contributed by atoms with Crippen molar-refractivity contribution < 1.29 is 48.3 Å². The van der Waals surface area contributed by atoms with Crippen molar-refractivity contribution in [3.8, 4) is 40.6 Å². The Morgan fingerprint density at radius 2 is 1.14 bits per heavy atom. The molecule has 0 saturated heterocycles. The number of imidazole rings is 3. The highest BCUT2D eigenvalue weighted by molar-refractivity contribution is 7.99. The summed E-state index contributed by atoms with van der Waals surface area (Å²) in [6.45, 7) is 9.04.